The van der Waals surface area contributed by atoms with Crippen molar-refractivity contribution in [2.45, 2.75) is 6.54 Å². The highest BCUT2D eigenvalue weighted by molar-refractivity contribution is 6.30. The Labute approximate surface area is 168 Å². The van der Waals surface area contributed by atoms with Gasteiger partial charge in [0.2, 0.25) is 0 Å². The zero-order valence-corrected chi connectivity index (χ0v) is 16.7. The molecule has 0 atom stereocenters. The first-order valence-electron chi connectivity index (χ1n) is 8.40. The SMILES string of the molecule is COC(=O)CN(Cc1cc(OC)cc(OC)c1)C(=O)COc1ccc(Cl)cc1. The average molecular weight is 408 g/mol. The molecule has 0 saturated heterocycles. The Morgan fingerprint density at radius 3 is 2.07 bits per heavy atom. The van der Waals surface area contributed by atoms with Gasteiger partial charge in [-0.1, -0.05) is 11.6 Å². The largest absolute Gasteiger partial charge is 0.497 e. The van der Waals surface area contributed by atoms with Gasteiger partial charge < -0.3 is 23.8 Å². The summed E-state index contributed by atoms with van der Waals surface area (Å²) < 4.78 is 20.7. The van der Waals surface area contributed by atoms with Crippen LogP contribution in [0.1, 0.15) is 5.56 Å². The predicted octanol–water partition coefficient (Wildman–Crippen LogP) is 2.94. The second-order valence-electron chi connectivity index (χ2n) is 5.79. The van der Waals surface area contributed by atoms with E-state index in [0.29, 0.717) is 22.3 Å². The Kier molecular flexibility index (Phi) is 7.95. The van der Waals surface area contributed by atoms with Gasteiger partial charge in [-0.3, -0.25) is 9.59 Å². The molecule has 150 valence electrons. The maximum atomic E-state index is 12.7. The van der Waals surface area contributed by atoms with Crippen LogP contribution in [0.15, 0.2) is 42.5 Å². The number of carbonyl (C=O) groups is 2. The summed E-state index contributed by atoms with van der Waals surface area (Å²) in [5, 5.41) is 0.568. The van der Waals surface area contributed by atoms with Crippen LogP contribution in [0.4, 0.5) is 0 Å². The highest BCUT2D eigenvalue weighted by atomic mass is 35.5. The molecule has 2 rings (SSSR count). The molecule has 0 aliphatic carbocycles. The maximum absolute atomic E-state index is 12.7. The lowest BCUT2D eigenvalue weighted by Gasteiger charge is -2.22. The molecule has 0 aliphatic rings. The number of rotatable bonds is 9. The molecule has 0 unspecified atom stereocenters. The first kappa shape index (κ1) is 21.4. The Bertz CT molecular complexity index is 787. The minimum atomic E-state index is -0.533. The quantitative estimate of drug-likeness (QED) is 0.595. The van der Waals surface area contributed by atoms with Crippen LogP contribution in [0.25, 0.3) is 0 Å². The molecule has 0 saturated carbocycles. The van der Waals surface area contributed by atoms with E-state index in [9.17, 15) is 9.59 Å². The molecular formula is C20H22ClNO6. The summed E-state index contributed by atoms with van der Waals surface area (Å²) in [4.78, 5) is 25.7. The van der Waals surface area contributed by atoms with Crippen molar-refractivity contribution in [2.24, 2.45) is 0 Å². The van der Waals surface area contributed by atoms with E-state index >= 15 is 0 Å². The van der Waals surface area contributed by atoms with Gasteiger partial charge in [-0.05, 0) is 42.0 Å². The summed E-state index contributed by atoms with van der Waals surface area (Å²) in [6.07, 6.45) is 0. The zero-order chi connectivity index (χ0) is 20.5. The lowest BCUT2D eigenvalue weighted by atomic mass is 10.2. The second kappa shape index (κ2) is 10.4. The summed E-state index contributed by atoms with van der Waals surface area (Å²) in [6.45, 7) is -0.288. The van der Waals surface area contributed by atoms with Crippen LogP contribution >= 0.6 is 11.6 Å². The van der Waals surface area contributed by atoms with Gasteiger partial charge in [0.1, 0.15) is 23.8 Å². The first-order valence-corrected chi connectivity index (χ1v) is 8.78. The van der Waals surface area contributed by atoms with Gasteiger partial charge in [0.25, 0.3) is 5.91 Å². The molecule has 0 spiro atoms. The zero-order valence-electron chi connectivity index (χ0n) is 15.9. The van der Waals surface area contributed by atoms with E-state index in [1.165, 1.54) is 26.2 Å². The second-order valence-corrected chi connectivity index (χ2v) is 6.23. The average Bonchev–Trinajstić information content (AvgIpc) is 2.72. The molecule has 0 N–H and O–H groups in total. The van der Waals surface area contributed by atoms with Crippen molar-refractivity contribution in [1.29, 1.82) is 0 Å². The van der Waals surface area contributed by atoms with Crippen LogP contribution in [-0.4, -0.2) is 51.3 Å². The van der Waals surface area contributed by atoms with Crippen LogP contribution in [0, 0.1) is 0 Å². The van der Waals surface area contributed by atoms with Gasteiger partial charge in [-0.25, -0.2) is 0 Å². The van der Waals surface area contributed by atoms with Gasteiger partial charge in [-0.15, -0.1) is 0 Å². The van der Waals surface area contributed by atoms with Crippen molar-refractivity contribution < 1.29 is 28.5 Å². The van der Waals surface area contributed by atoms with Crippen LogP contribution < -0.4 is 14.2 Å². The normalized spacial score (nSPS) is 10.1. The van der Waals surface area contributed by atoms with Crippen molar-refractivity contribution >= 4 is 23.5 Å². The molecule has 0 aliphatic heterocycles. The number of nitrogens with zero attached hydrogens (tertiary/aromatic N) is 1. The van der Waals surface area contributed by atoms with E-state index in [0.717, 1.165) is 5.56 Å². The Balaban J connectivity index is 2.13. The fourth-order valence-corrected chi connectivity index (χ4v) is 2.52. The standard InChI is InChI=1S/C20H22ClNO6/c1-25-17-8-14(9-18(10-17)26-2)11-22(12-20(24)27-3)19(23)13-28-16-6-4-15(21)5-7-16/h4-10H,11-13H2,1-3H3. The Hall–Kier alpha value is -2.93. The number of methoxy groups -OCH3 is 3. The summed E-state index contributed by atoms with van der Waals surface area (Å²) in [5.74, 6) is 0.755. The number of benzene rings is 2. The molecule has 2 aromatic rings. The van der Waals surface area contributed by atoms with E-state index in [-0.39, 0.29) is 25.6 Å². The highest BCUT2D eigenvalue weighted by Gasteiger charge is 2.19. The molecule has 0 bridgehead atoms. The number of carbonyl (C=O) groups excluding carboxylic acids is 2. The molecule has 2 aromatic carbocycles. The lowest BCUT2D eigenvalue weighted by Crippen LogP contribution is -2.38. The van der Waals surface area contributed by atoms with E-state index in [4.69, 9.17) is 30.5 Å². The summed E-state index contributed by atoms with van der Waals surface area (Å²) >= 11 is 5.84. The Morgan fingerprint density at radius 2 is 1.54 bits per heavy atom. The molecule has 8 heteroatoms. The molecule has 28 heavy (non-hydrogen) atoms. The third kappa shape index (κ3) is 6.35. The smallest absolute Gasteiger partial charge is 0.325 e. The van der Waals surface area contributed by atoms with Crippen LogP contribution in [0.5, 0.6) is 17.2 Å². The third-order valence-corrected chi connectivity index (χ3v) is 4.11. The van der Waals surface area contributed by atoms with Crippen molar-refractivity contribution in [1.82, 2.24) is 4.90 Å². The molecule has 0 fully saturated rings. The summed E-state index contributed by atoms with van der Waals surface area (Å²) in [6, 6.07) is 11.9. The van der Waals surface area contributed by atoms with Gasteiger partial charge in [0.05, 0.1) is 21.3 Å². The van der Waals surface area contributed by atoms with Gasteiger partial charge >= 0.3 is 5.97 Å². The van der Waals surface area contributed by atoms with Crippen molar-refractivity contribution in [3.8, 4) is 17.2 Å². The van der Waals surface area contributed by atoms with Crippen LogP contribution in [-0.2, 0) is 20.9 Å². The molecule has 0 heterocycles. The van der Waals surface area contributed by atoms with Crippen molar-refractivity contribution in [3.05, 3.63) is 53.1 Å². The number of ether oxygens (including phenoxy) is 4. The summed E-state index contributed by atoms with van der Waals surface area (Å²) in [5.41, 5.74) is 0.736. The first-order chi connectivity index (χ1) is 13.4. The van der Waals surface area contributed by atoms with E-state index in [1.54, 1.807) is 42.5 Å². The number of hydrogen-bond donors (Lipinski definition) is 0. The van der Waals surface area contributed by atoms with E-state index in [1.807, 2.05) is 0 Å². The van der Waals surface area contributed by atoms with E-state index in [2.05, 4.69) is 0 Å². The maximum Gasteiger partial charge on any atom is 0.325 e. The monoisotopic (exact) mass is 407 g/mol. The molecule has 7 nitrogen and oxygen atoms in total. The van der Waals surface area contributed by atoms with Crippen molar-refractivity contribution in [3.63, 3.8) is 0 Å². The summed E-state index contributed by atoms with van der Waals surface area (Å²) in [7, 11) is 4.34. The molecule has 0 aromatic heterocycles. The van der Waals surface area contributed by atoms with Crippen LogP contribution in [0.2, 0.25) is 5.02 Å². The third-order valence-electron chi connectivity index (χ3n) is 3.86. The number of hydrogen-bond acceptors (Lipinski definition) is 6. The van der Waals surface area contributed by atoms with Gasteiger partial charge in [-0.2, -0.15) is 0 Å². The fraction of sp³-hybridized carbons (Fsp3) is 0.300. The number of esters is 1. The number of amides is 1. The highest BCUT2D eigenvalue weighted by Crippen LogP contribution is 2.23. The molecule has 0 radical (unpaired) electrons. The van der Waals surface area contributed by atoms with Crippen LogP contribution in [0.3, 0.4) is 0 Å². The Morgan fingerprint density at radius 1 is 0.929 bits per heavy atom. The van der Waals surface area contributed by atoms with Gasteiger partial charge in [0, 0.05) is 17.6 Å². The van der Waals surface area contributed by atoms with Gasteiger partial charge in [0.15, 0.2) is 6.61 Å². The fourth-order valence-electron chi connectivity index (χ4n) is 2.40. The topological polar surface area (TPSA) is 74.3 Å². The predicted molar refractivity (Wildman–Crippen MR) is 104 cm³/mol. The molecular weight excluding hydrogens is 386 g/mol. The minimum absolute atomic E-state index is 0.158. The van der Waals surface area contributed by atoms with E-state index < -0.39 is 5.97 Å². The lowest BCUT2D eigenvalue weighted by molar-refractivity contribution is -0.148. The molecule has 1 amide bonds. The number of halogens is 1. The van der Waals surface area contributed by atoms with Crippen molar-refractivity contribution in [2.75, 3.05) is 34.5 Å². The minimum Gasteiger partial charge on any atom is -0.497 e.